The molecule has 84 valence electrons. The van der Waals surface area contributed by atoms with Gasteiger partial charge >= 0.3 is 6.18 Å². The zero-order valence-electron chi connectivity index (χ0n) is 6.95. The van der Waals surface area contributed by atoms with Gasteiger partial charge in [-0.15, -0.1) is 0 Å². The van der Waals surface area contributed by atoms with Gasteiger partial charge < -0.3 is 5.73 Å². The Morgan fingerprint density at radius 1 is 1.33 bits per heavy atom. The molecule has 0 unspecified atom stereocenters. The van der Waals surface area contributed by atoms with E-state index in [9.17, 15) is 22.0 Å². The van der Waals surface area contributed by atoms with E-state index < -0.39 is 29.5 Å². The van der Waals surface area contributed by atoms with Crippen molar-refractivity contribution in [1.82, 2.24) is 4.98 Å². The molecule has 0 amide bonds. The SMILES string of the molecule is Nc1c(Br)cnc(C(F)F)c1C(F)(F)F. The standard InChI is InChI=1S/C7H4BrF5N2/c8-2-1-15-5(6(9)10)3(4(2)14)7(11,12)13/h1,6H,(H2,14,15). The molecule has 0 aromatic carbocycles. The van der Waals surface area contributed by atoms with E-state index in [4.69, 9.17) is 5.73 Å². The second-order valence-electron chi connectivity index (χ2n) is 2.58. The Kier molecular flexibility index (Phi) is 3.17. The molecular weight excluding hydrogens is 287 g/mol. The molecule has 0 aliphatic rings. The summed E-state index contributed by atoms with van der Waals surface area (Å²) in [6.07, 6.45) is -7.46. The largest absolute Gasteiger partial charge is 0.420 e. The lowest BCUT2D eigenvalue weighted by molar-refractivity contribution is -0.139. The predicted molar refractivity (Wildman–Crippen MR) is 46.3 cm³/mol. The minimum Gasteiger partial charge on any atom is -0.397 e. The maximum absolute atomic E-state index is 12.4. The van der Waals surface area contributed by atoms with Crippen LogP contribution in [0.15, 0.2) is 10.7 Å². The van der Waals surface area contributed by atoms with E-state index in [1.807, 2.05) is 0 Å². The van der Waals surface area contributed by atoms with Crippen LogP contribution in [0.5, 0.6) is 0 Å². The van der Waals surface area contributed by atoms with Crippen molar-refractivity contribution in [3.63, 3.8) is 0 Å². The first kappa shape index (κ1) is 12.2. The van der Waals surface area contributed by atoms with Crippen molar-refractivity contribution in [2.75, 3.05) is 5.73 Å². The molecule has 0 saturated carbocycles. The highest BCUT2D eigenvalue weighted by atomic mass is 79.9. The lowest BCUT2D eigenvalue weighted by Gasteiger charge is -2.14. The summed E-state index contributed by atoms with van der Waals surface area (Å²) >= 11 is 2.69. The van der Waals surface area contributed by atoms with E-state index in [0.717, 1.165) is 6.20 Å². The van der Waals surface area contributed by atoms with E-state index in [2.05, 4.69) is 20.9 Å². The second kappa shape index (κ2) is 3.92. The van der Waals surface area contributed by atoms with Crippen LogP contribution in [0.1, 0.15) is 17.7 Å². The Bertz CT molecular complexity index is 376. The van der Waals surface area contributed by atoms with Gasteiger partial charge in [-0.25, -0.2) is 8.78 Å². The molecule has 0 bridgehead atoms. The molecule has 15 heavy (non-hydrogen) atoms. The molecule has 1 aromatic rings. The van der Waals surface area contributed by atoms with Gasteiger partial charge in [0, 0.05) is 6.20 Å². The molecule has 1 rings (SSSR count). The molecule has 0 saturated heterocycles. The highest BCUT2D eigenvalue weighted by Gasteiger charge is 2.39. The molecule has 0 atom stereocenters. The molecule has 0 aliphatic carbocycles. The van der Waals surface area contributed by atoms with Crippen molar-refractivity contribution >= 4 is 21.6 Å². The van der Waals surface area contributed by atoms with Gasteiger partial charge in [-0.1, -0.05) is 0 Å². The summed E-state index contributed by atoms with van der Waals surface area (Å²) in [5, 5.41) is 0. The smallest absolute Gasteiger partial charge is 0.397 e. The Morgan fingerprint density at radius 2 is 1.87 bits per heavy atom. The average Bonchev–Trinajstić information content (AvgIpc) is 2.06. The van der Waals surface area contributed by atoms with Crippen LogP contribution in [-0.4, -0.2) is 4.98 Å². The van der Waals surface area contributed by atoms with Crippen molar-refractivity contribution in [1.29, 1.82) is 0 Å². The van der Waals surface area contributed by atoms with Gasteiger partial charge in [-0.05, 0) is 15.9 Å². The molecule has 0 radical (unpaired) electrons. The molecule has 0 aliphatic heterocycles. The zero-order chi connectivity index (χ0) is 11.8. The maximum Gasteiger partial charge on any atom is 0.420 e. The third-order valence-corrected chi connectivity index (χ3v) is 2.22. The van der Waals surface area contributed by atoms with Crippen LogP contribution in [0.2, 0.25) is 0 Å². The van der Waals surface area contributed by atoms with Crippen LogP contribution >= 0.6 is 15.9 Å². The number of hydrogen-bond donors (Lipinski definition) is 1. The zero-order valence-corrected chi connectivity index (χ0v) is 8.53. The quantitative estimate of drug-likeness (QED) is 0.805. The van der Waals surface area contributed by atoms with E-state index in [1.54, 1.807) is 0 Å². The third kappa shape index (κ3) is 2.36. The molecule has 2 N–H and O–H groups in total. The van der Waals surface area contributed by atoms with E-state index >= 15 is 0 Å². The average molecular weight is 291 g/mol. The fourth-order valence-corrected chi connectivity index (χ4v) is 1.28. The van der Waals surface area contributed by atoms with Crippen molar-refractivity contribution < 1.29 is 22.0 Å². The molecule has 1 heterocycles. The first-order valence-corrected chi connectivity index (χ1v) is 4.33. The summed E-state index contributed by atoms with van der Waals surface area (Å²) < 4.78 is 61.4. The Labute approximate surface area is 89.4 Å². The number of alkyl halides is 5. The van der Waals surface area contributed by atoms with Crippen molar-refractivity contribution in [2.24, 2.45) is 0 Å². The highest BCUT2D eigenvalue weighted by Crippen LogP contribution is 2.41. The monoisotopic (exact) mass is 290 g/mol. The maximum atomic E-state index is 12.4. The summed E-state index contributed by atoms with van der Waals surface area (Å²) in [4.78, 5) is 3.01. The normalized spacial score (nSPS) is 12.2. The number of anilines is 1. The molecular formula is C7H4BrF5N2. The van der Waals surface area contributed by atoms with Gasteiger partial charge in [0.05, 0.1) is 10.2 Å². The van der Waals surface area contributed by atoms with Crippen molar-refractivity contribution in [3.05, 3.63) is 21.9 Å². The van der Waals surface area contributed by atoms with Gasteiger partial charge in [-0.2, -0.15) is 13.2 Å². The minimum atomic E-state index is -4.95. The molecule has 8 heteroatoms. The lowest BCUT2D eigenvalue weighted by Crippen LogP contribution is -2.15. The fraction of sp³-hybridized carbons (Fsp3) is 0.286. The van der Waals surface area contributed by atoms with Gasteiger partial charge in [0.15, 0.2) is 0 Å². The summed E-state index contributed by atoms with van der Waals surface area (Å²) in [6, 6.07) is 0. The first-order chi connectivity index (χ1) is 6.75. The van der Waals surface area contributed by atoms with Crippen LogP contribution < -0.4 is 5.73 Å². The lowest BCUT2D eigenvalue weighted by atomic mass is 10.1. The Morgan fingerprint density at radius 3 is 2.27 bits per heavy atom. The van der Waals surface area contributed by atoms with E-state index in [1.165, 1.54) is 0 Å². The molecule has 0 spiro atoms. The number of nitrogens with zero attached hydrogens (tertiary/aromatic N) is 1. The van der Waals surface area contributed by atoms with Gasteiger partial charge in [0.25, 0.3) is 6.43 Å². The topological polar surface area (TPSA) is 38.9 Å². The van der Waals surface area contributed by atoms with Crippen LogP contribution in [0.3, 0.4) is 0 Å². The second-order valence-corrected chi connectivity index (χ2v) is 3.43. The Hall–Kier alpha value is -0.920. The van der Waals surface area contributed by atoms with Gasteiger partial charge in [-0.3, -0.25) is 4.98 Å². The predicted octanol–water partition coefficient (Wildman–Crippen LogP) is 3.38. The number of nitrogen functional groups attached to an aromatic ring is 1. The third-order valence-electron chi connectivity index (χ3n) is 1.59. The number of rotatable bonds is 1. The molecule has 2 nitrogen and oxygen atoms in total. The van der Waals surface area contributed by atoms with Crippen molar-refractivity contribution in [2.45, 2.75) is 12.6 Å². The van der Waals surface area contributed by atoms with Crippen LogP contribution in [-0.2, 0) is 6.18 Å². The van der Waals surface area contributed by atoms with Crippen LogP contribution in [0, 0.1) is 0 Å². The van der Waals surface area contributed by atoms with Crippen molar-refractivity contribution in [3.8, 4) is 0 Å². The number of halogens is 6. The first-order valence-electron chi connectivity index (χ1n) is 3.54. The van der Waals surface area contributed by atoms with Crippen LogP contribution in [0.25, 0.3) is 0 Å². The van der Waals surface area contributed by atoms with Gasteiger partial charge in [0.1, 0.15) is 11.3 Å². The van der Waals surface area contributed by atoms with E-state index in [-0.39, 0.29) is 4.47 Å². The Balaban J connectivity index is 3.49. The van der Waals surface area contributed by atoms with E-state index in [0.29, 0.717) is 0 Å². The highest BCUT2D eigenvalue weighted by molar-refractivity contribution is 9.10. The minimum absolute atomic E-state index is 0.167. The number of nitrogens with two attached hydrogens (primary N) is 1. The van der Waals surface area contributed by atoms with Crippen LogP contribution in [0.4, 0.5) is 27.6 Å². The number of hydrogen-bond acceptors (Lipinski definition) is 2. The fourth-order valence-electron chi connectivity index (χ4n) is 0.981. The number of pyridine rings is 1. The summed E-state index contributed by atoms with van der Waals surface area (Å²) in [7, 11) is 0. The summed E-state index contributed by atoms with van der Waals surface area (Å²) in [6.45, 7) is 0. The summed E-state index contributed by atoms with van der Waals surface area (Å²) in [5.41, 5.74) is 1.33. The number of aromatic nitrogens is 1. The summed E-state index contributed by atoms with van der Waals surface area (Å²) in [5.74, 6) is 0. The molecule has 1 aromatic heterocycles. The molecule has 0 fully saturated rings. The van der Waals surface area contributed by atoms with Gasteiger partial charge in [0.2, 0.25) is 0 Å².